The van der Waals surface area contributed by atoms with Crippen molar-refractivity contribution < 1.29 is 14.3 Å². The molecule has 1 aliphatic rings. The summed E-state index contributed by atoms with van der Waals surface area (Å²) in [6.45, 7) is 3.67. The van der Waals surface area contributed by atoms with E-state index in [1.165, 1.54) is 0 Å². The van der Waals surface area contributed by atoms with E-state index in [2.05, 4.69) is 0 Å². The Morgan fingerprint density at radius 1 is 0.867 bits per heavy atom. The maximum atomic E-state index is 13.2. The zero-order chi connectivity index (χ0) is 21.1. The van der Waals surface area contributed by atoms with Crippen LogP contribution in [0.2, 0.25) is 0 Å². The molecule has 0 aromatic heterocycles. The molecule has 4 nitrogen and oxygen atoms in total. The molecule has 0 fully saturated rings. The summed E-state index contributed by atoms with van der Waals surface area (Å²) in [5.74, 6) is -1.19. The molecule has 30 heavy (non-hydrogen) atoms. The maximum Gasteiger partial charge on any atom is 0.318 e. The van der Waals surface area contributed by atoms with E-state index in [0.29, 0.717) is 0 Å². The average molecular weight is 399 g/mol. The molecule has 4 heteroatoms. The molecule has 0 N–H and O–H groups in total. The Labute approximate surface area is 177 Å². The van der Waals surface area contributed by atoms with E-state index >= 15 is 0 Å². The number of benzene rings is 3. The van der Waals surface area contributed by atoms with Crippen LogP contribution in [0.15, 0.2) is 84.9 Å². The second-order valence-corrected chi connectivity index (χ2v) is 7.72. The van der Waals surface area contributed by atoms with Crippen molar-refractivity contribution in [3.63, 3.8) is 0 Å². The molecule has 2 atom stereocenters. The first-order valence-corrected chi connectivity index (χ1v) is 10.3. The molecule has 0 radical (unpaired) electrons. The second kappa shape index (κ2) is 8.54. The van der Waals surface area contributed by atoms with E-state index in [1.54, 1.807) is 11.8 Å². The number of hydrogen-bond donors (Lipinski definition) is 0. The quantitative estimate of drug-likeness (QED) is 0.583. The summed E-state index contributed by atoms with van der Waals surface area (Å²) >= 11 is 0. The lowest BCUT2D eigenvalue weighted by atomic mass is 9.91. The second-order valence-electron chi connectivity index (χ2n) is 7.72. The minimum absolute atomic E-state index is 0.0371. The lowest BCUT2D eigenvalue weighted by Crippen LogP contribution is -2.43. The molecular formula is C26H25NO3. The van der Waals surface area contributed by atoms with Crippen molar-refractivity contribution in [2.45, 2.75) is 38.3 Å². The van der Waals surface area contributed by atoms with E-state index in [-0.39, 0.29) is 11.9 Å². The highest BCUT2D eigenvalue weighted by atomic mass is 16.5. The summed E-state index contributed by atoms with van der Waals surface area (Å²) in [5.41, 5.74) is 3.73. The molecule has 152 valence electrons. The molecule has 3 aromatic carbocycles. The van der Waals surface area contributed by atoms with Crippen LogP contribution in [0.1, 0.15) is 36.5 Å². The van der Waals surface area contributed by atoms with Crippen molar-refractivity contribution >= 4 is 17.6 Å². The Morgan fingerprint density at radius 3 is 2.00 bits per heavy atom. The number of carbonyl (C=O) groups is 2. The predicted molar refractivity (Wildman–Crippen MR) is 117 cm³/mol. The van der Waals surface area contributed by atoms with Crippen LogP contribution in [0.4, 0.5) is 5.69 Å². The Morgan fingerprint density at radius 2 is 1.40 bits per heavy atom. The first-order chi connectivity index (χ1) is 14.6. The molecule has 0 spiro atoms. The number of esters is 1. The van der Waals surface area contributed by atoms with Gasteiger partial charge in [0.1, 0.15) is 5.92 Å². The number of fused-ring (bicyclic) bond motifs is 1. The van der Waals surface area contributed by atoms with E-state index < -0.39 is 18.0 Å². The average Bonchev–Trinajstić information content (AvgIpc) is 3.10. The highest BCUT2D eigenvalue weighted by molar-refractivity contribution is 6.00. The van der Waals surface area contributed by atoms with Crippen LogP contribution >= 0.6 is 0 Å². The summed E-state index contributed by atoms with van der Waals surface area (Å²) < 4.78 is 5.73. The van der Waals surface area contributed by atoms with Crippen molar-refractivity contribution in [2.24, 2.45) is 0 Å². The molecule has 1 aliphatic heterocycles. The van der Waals surface area contributed by atoms with Gasteiger partial charge in [-0.2, -0.15) is 0 Å². The monoisotopic (exact) mass is 399 g/mol. The zero-order valence-electron chi connectivity index (χ0n) is 17.2. The smallest absolute Gasteiger partial charge is 0.318 e. The van der Waals surface area contributed by atoms with Gasteiger partial charge >= 0.3 is 5.97 Å². The standard InChI is InChI=1S/C26H25NO3/c1-18-17-22-15-9-10-16-23(22)27(18)25(28)19(2)30-26(29)24(20-11-5-3-6-12-20)21-13-7-4-8-14-21/h3-16,18-19,24H,17H2,1-2H3/t18-,19-/m1/s1. The van der Waals surface area contributed by atoms with E-state index in [9.17, 15) is 9.59 Å². The molecule has 1 amide bonds. The van der Waals surface area contributed by atoms with Crippen LogP contribution in [0.5, 0.6) is 0 Å². The van der Waals surface area contributed by atoms with E-state index in [4.69, 9.17) is 4.74 Å². The molecular weight excluding hydrogens is 374 g/mol. The van der Waals surface area contributed by atoms with Gasteiger partial charge in [0.05, 0.1) is 0 Å². The molecule has 1 heterocycles. The number of nitrogens with zero attached hydrogens (tertiary/aromatic N) is 1. The van der Waals surface area contributed by atoms with Crippen LogP contribution in [0, 0.1) is 0 Å². The first kappa shape index (κ1) is 19.9. The number of anilines is 1. The molecule has 0 unspecified atom stereocenters. The predicted octanol–water partition coefficient (Wildman–Crippen LogP) is 4.73. The van der Waals surface area contributed by atoms with Crippen molar-refractivity contribution in [3.05, 3.63) is 102 Å². The van der Waals surface area contributed by atoms with Crippen molar-refractivity contribution in [1.82, 2.24) is 0 Å². The van der Waals surface area contributed by atoms with E-state index in [0.717, 1.165) is 28.8 Å². The summed E-state index contributed by atoms with van der Waals surface area (Å²) in [5, 5.41) is 0. The van der Waals surface area contributed by atoms with Gasteiger partial charge < -0.3 is 9.64 Å². The van der Waals surface area contributed by atoms with Crippen molar-refractivity contribution in [3.8, 4) is 0 Å². The van der Waals surface area contributed by atoms with Gasteiger partial charge in [-0.05, 0) is 43.0 Å². The minimum atomic E-state index is -0.874. The number of para-hydroxylation sites is 1. The fraction of sp³-hybridized carbons (Fsp3) is 0.231. The molecule has 3 aromatic rings. The van der Waals surface area contributed by atoms with Crippen LogP contribution in [-0.4, -0.2) is 24.0 Å². The number of rotatable bonds is 5. The first-order valence-electron chi connectivity index (χ1n) is 10.3. The van der Waals surface area contributed by atoms with Gasteiger partial charge in [0, 0.05) is 11.7 Å². The summed E-state index contributed by atoms with van der Waals surface area (Å²) in [6.07, 6.45) is -0.0692. The Kier molecular flexibility index (Phi) is 5.66. The molecule has 0 saturated carbocycles. The Balaban J connectivity index is 1.56. The molecule has 0 aliphatic carbocycles. The number of amides is 1. The lowest BCUT2D eigenvalue weighted by molar-refractivity contribution is -0.154. The van der Waals surface area contributed by atoms with Gasteiger partial charge in [-0.15, -0.1) is 0 Å². The van der Waals surface area contributed by atoms with Crippen molar-refractivity contribution in [1.29, 1.82) is 0 Å². The summed E-state index contributed by atoms with van der Waals surface area (Å²) in [7, 11) is 0. The minimum Gasteiger partial charge on any atom is -0.452 e. The van der Waals surface area contributed by atoms with Gasteiger partial charge in [-0.1, -0.05) is 78.9 Å². The number of carbonyl (C=O) groups excluding carboxylic acids is 2. The maximum absolute atomic E-state index is 13.2. The van der Waals surface area contributed by atoms with E-state index in [1.807, 2.05) is 91.9 Å². The van der Waals surface area contributed by atoms with Crippen LogP contribution in [0.3, 0.4) is 0 Å². The van der Waals surface area contributed by atoms with Gasteiger partial charge in [-0.3, -0.25) is 9.59 Å². The third kappa shape index (κ3) is 3.86. The SMILES string of the molecule is C[C@@H]1Cc2ccccc2N1C(=O)[C@@H](C)OC(=O)C(c1ccccc1)c1ccccc1. The fourth-order valence-corrected chi connectivity index (χ4v) is 4.15. The van der Waals surface area contributed by atoms with Crippen LogP contribution in [0.25, 0.3) is 0 Å². The Bertz CT molecular complexity index is 993. The molecule has 4 rings (SSSR count). The van der Waals surface area contributed by atoms with Gasteiger partial charge in [0.25, 0.3) is 5.91 Å². The topological polar surface area (TPSA) is 46.6 Å². The number of ether oxygens (including phenoxy) is 1. The highest BCUT2D eigenvalue weighted by Gasteiger charge is 2.35. The van der Waals surface area contributed by atoms with Gasteiger partial charge in [-0.25, -0.2) is 0 Å². The fourth-order valence-electron chi connectivity index (χ4n) is 4.15. The molecule has 0 saturated heterocycles. The molecule has 0 bridgehead atoms. The summed E-state index contributed by atoms with van der Waals surface area (Å²) in [4.78, 5) is 28.2. The summed E-state index contributed by atoms with van der Waals surface area (Å²) in [6, 6.07) is 27.0. The van der Waals surface area contributed by atoms with Gasteiger partial charge in [0.15, 0.2) is 6.10 Å². The highest BCUT2D eigenvalue weighted by Crippen LogP contribution is 2.33. The zero-order valence-corrected chi connectivity index (χ0v) is 17.2. The largest absolute Gasteiger partial charge is 0.452 e. The third-order valence-electron chi connectivity index (χ3n) is 5.59. The van der Waals surface area contributed by atoms with Gasteiger partial charge in [0.2, 0.25) is 0 Å². The number of hydrogen-bond acceptors (Lipinski definition) is 3. The van der Waals surface area contributed by atoms with Crippen LogP contribution < -0.4 is 4.90 Å². The van der Waals surface area contributed by atoms with Crippen LogP contribution in [-0.2, 0) is 20.7 Å². The third-order valence-corrected chi connectivity index (χ3v) is 5.59. The lowest BCUT2D eigenvalue weighted by Gasteiger charge is -2.27. The normalized spacial score (nSPS) is 16.2. The Hall–Kier alpha value is -3.40. The van der Waals surface area contributed by atoms with Crippen molar-refractivity contribution in [2.75, 3.05) is 4.90 Å².